The van der Waals surface area contributed by atoms with E-state index in [-0.39, 0.29) is 5.78 Å². The van der Waals surface area contributed by atoms with Crippen molar-refractivity contribution < 1.29 is 4.79 Å². The van der Waals surface area contributed by atoms with E-state index in [4.69, 9.17) is 0 Å². The number of hydrogen-bond acceptors (Lipinski definition) is 1. The molecule has 1 aromatic heterocycles. The number of aryl methyl sites for hydroxylation is 1. The summed E-state index contributed by atoms with van der Waals surface area (Å²) in [6.07, 6.45) is 7.50. The largest absolute Gasteiger partial charge is 0.343 e. The van der Waals surface area contributed by atoms with Gasteiger partial charge in [0.2, 0.25) is 0 Å². The van der Waals surface area contributed by atoms with Crippen LogP contribution in [0.4, 0.5) is 0 Å². The lowest BCUT2D eigenvalue weighted by molar-refractivity contribution is -0.111. The highest BCUT2D eigenvalue weighted by Gasteiger charge is 2.12. The van der Waals surface area contributed by atoms with E-state index < -0.39 is 0 Å². The van der Waals surface area contributed by atoms with Gasteiger partial charge in [-0.05, 0) is 42.8 Å². The van der Waals surface area contributed by atoms with Crippen LogP contribution in [0.5, 0.6) is 0 Å². The van der Waals surface area contributed by atoms with Gasteiger partial charge in [0.1, 0.15) is 0 Å². The third-order valence-electron chi connectivity index (χ3n) is 3.35. The number of rotatable bonds is 1. The Hall–Kier alpha value is -2.35. The maximum absolute atomic E-state index is 12.1. The first-order valence-corrected chi connectivity index (χ1v) is 6.37. The van der Waals surface area contributed by atoms with Crippen LogP contribution >= 0.6 is 0 Å². The average Bonchev–Trinajstić information content (AvgIpc) is 2.79. The number of hydrogen-bond donors (Lipinski definition) is 0. The van der Waals surface area contributed by atoms with Crippen molar-refractivity contribution in [3.63, 3.8) is 0 Å². The lowest BCUT2D eigenvalue weighted by atomic mass is 10.1. The van der Waals surface area contributed by atoms with Crippen molar-refractivity contribution in [3.05, 3.63) is 71.1 Å². The molecule has 0 radical (unpaired) electrons. The fourth-order valence-corrected chi connectivity index (χ4v) is 2.23. The first-order valence-electron chi connectivity index (χ1n) is 6.37. The molecule has 94 valence electrons. The Morgan fingerprint density at radius 1 is 1.11 bits per heavy atom. The van der Waals surface area contributed by atoms with E-state index >= 15 is 0 Å². The predicted molar refractivity (Wildman–Crippen MR) is 77.6 cm³/mol. The quantitative estimate of drug-likeness (QED) is 0.709. The highest BCUT2D eigenvalue weighted by atomic mass is 16.1. The van der Waals surface area contributed by atoms with Crippen LogP contribution in [0.3, 0.4) is 0 Å². The van der Waals surface area contributed by atoms with Crippen LogP contribution in [-0.2, 0) is 11.3 Å². The number of fused-ring (bicyclic) bond motifs is 1. The van der Waals surface area contributed by atoms with Gasteiger partial charge < -0.3 is 4.57 Å². The van der Waals surface area contributed by atoms with Crippen molar-refractivity contribution in [2.45, 2.75) is 13.5 Å². The van der Waals surface area contributed by atoms with Gasteiger partial charge >= 0.3 is 0 Å². The standard InChI is InChI=1S/C17H15NO/c1-13-4-6-14(7-5-13)11-15-12-18-10-2-3-16(18)8-9-17(15)19/h2-11H,12H2,1H3/b15-11+. The summed E-state index contributed by atoms with van der Waals surface area (Å²) in [4.78, 5) is 12.1. The van der Waals surface area contributed by atoms with Crippen LogP contribution in [0.1, 0.15) is 16.8 Å². The van der Waals surface area contributed by atoms with Crippen molar-refractivity contribution in [2.24, 2.45) is 0 Å². The molecule has 1 aliphatic heterocycles. The van der Waals surface area contributed by atoms with Gasteiger partial charge in [-0.2, -0.15) is 0 Å². The van der Waals surface area contributed by atoms with E-state index in [2.05, 4.69) is 23.6 Å². The maximum Gasteiger partial charge on any atom is 0.183 e. The normalized spacial score (nSPS) is 16.5. The lowest BCUT2D eigenvalue weighted by Gasteiger charge is -2.06. The number of aromatic nitrogens is 1. The Balaban J connectivity index is 1.98. The Morgan fingerprint density at radius 3 is 2.68 bits per heavy atom. The van der Waals surface area contributed by atoms with Gasteiger partial charge in [0.25, 0.3) is 0 Å². The van der Waals surface area contributed by atoms with Crippen LogP contribution in [0.25, 0.3) is 12.2 Å². The molecule has 0 saturated carbocycles. The van der Waals surface area contributed by atoms with Gasteiger partial charge in [0.15, 0.2) is 5.78 Å². The summed E-state index contributed by atoms with van der Waals surface area (Å²) in [6.45, 7) is 2.69. The molecule has 0 N–H and O–H groups in total. The first-order chi connectivity index (χ1) is 9.22. The third-order valence-corrected chi connectivity index (χ3v) is 3.35. The monoisotopic (exact) mass is 249 g/mol. The zero-order chi connectivity index (χ0) is 13.2. The third kappa shape index (κ3) is 2.43. The molecule has 0 fully saturated rings. The fourth-order valence-electron chi connectivity index (χ4n) is 2.23. The summed E-state index contributed by atoms with van der Waals surface area (Å²) in [7, 11) is 0. The van der Waals surface area contributed by atoms with E-state index in [1.807, 2.05) is 42.6 Å². The molecule has 2 heterocycles. The van der Waals surface area contributed by atoms with Gasteiger partial charge in [-0.25, -0.2) is 0 Å². The molecule has 0 unspecified atom stereocenters. The summed E-state index contributed by atoms with van der Waals surface area (Å²) >= 11 is 0. The number of allylic oxidation sites excluding steroid dienone is 2. The zero-order valence-corrected chi connectivity index (χ0v) is 10.8. The van der Waals surface area contributed by atoms with Gasteiger partial charge in [-0.15, -0.1) is 0 Å². The highest BCUT2D eigenvalue weighted by Crippen LogP contribution is 2.17. The second-order valence-electron chi connectivity index (χ2n) is 4.84. The second kappa shape index (κ2) is 4.73. The van der Waals surface area contributed by atoms with Crippen LogP contribution in [0, 0.1) is 6.92 Å². The van der Waals surface area contributed by atoms with Crippen LogP contribution < -0.4 is 0 Å². The van der Waals surface area contributed by atoms with E-state index in [9.17, 15) is 4.79 Å². The predicted octanol–water partition coefficient (Wildman–Crippen LogP) is 3.48. The Kier molecular flexibility index (Phi) is 2.92. The van der Waals surface area contributed by atoms with E-state index in [0.717, 1.165) is 16.8 Å². The summed E-state index contributed by atoms with van der Waals surface area (Å²) in [5.74, 6) is 0.0873. The molecule has 0 spiro atoms. The molecule has 2 nitrogen and oxygen atoms in total. The molecule has 3 rings (SSSR count). The summed E-state index contributed by atoms with van der Waals surface area (Å²) in [6, 6.07) is 12.2. The number of nitrogens with zero attached hydrogens (tertiary/aromatic N) is 1. The zero-order valence-electron chi connectivity index (χ0n) is 10.8. The van der Waals surface area contributed by atoms with Gasteiger partial charge in [0, 0.05) is 17.5 Å². The van der Waals surface area contributed by atoms with E-state index in [1.54, 1.807) is 6.08 Å². The number of carbonyl (C=O) groups is 1. The SMILES string of the molecule is Cc1ccc(/C=C2\Cn3cccc3C=CC2=O)cc1. The van der Waals surface area contributed by atoms with Crippen molar-refractivity contribution in [2.75, 3.05) is 0 Å². The molecule has 1 aromatic carbocycles. The number of ketones is 1. The van der Waals surface area contributed by atoms with Crippen molar-refractivity contribution in [1.29, 1.82) is 0 Å². The molecule has 1 aliphatic rings. The van der Waals surface area contributed by atoms with E-state index in [0.29, 0.717) is 6.54 Å². The molecule has 0 aliphatic carbocycles. The average molecular weight is 249 g/mol. The van der Waals surface area contributed by atoms with Gasteiger partial charge in [0.05, 0.1) is 6.54 Å². The Morgan fingerprint density at radius 2 is 1.89 bits per heavy atom. The van der Waals surface area contributed by atoms with Crippen molar-refractivity contribution >= 4 is 17.9 Å². The molecule has 19 heavy (non-hydrogen) atoms. The molecular formula is C17H15NO. The first kappa shape index (κ1) is 11.7. The fraction of sp³-hybridized carbons (Fsp3) is 0.118. The molecule has 2 aromatic rings. The van der Waals surface area contributed by atoms with Crippen molar-refractivity contribution in [3.8, 4) is 0 Å². The maximum atomic E-state index is 12.1. The molecule has 0 atom stereocenters. The minimum absolute atomic E-state index is 0.0873. The summed E-state index contributed by atoms with van der Waals surface area (Å²) in [5.41, 5.74) is 4.18. The molecule has 0 bridgehead atoms. The summed E-state index contributed by atoms with van der Waals surface area (Å²) < 4.78 is 2.08. The highest BCUT2D eigenvalue weighted by molar-refractivity contribution is 6.09. The van der Waals surface area contributed by atoms with E-state index in [1.165, 1.54) is 5.56 Å². The van der Waals surface area contributed by atoms with Crippen molar-refractivity contribution in [1.82, 2.24) is 4.57 Å². The molecule has 2 heteroatoms. The summed E-state index contributed by atoms with van der Waals surface area (Å²) in [5, 5.41) is 0. The smallest absolute Gasteiger partial charge is 0.183 e. The van der Waals surface area contributed by atoms with Crippen LogP contribution in [-0.4, -0.2) is 10.4 Å². The molecule has 0 amide bonds. The second-order valence-corrected chi connectivity index (χ2v) is 4.84. The minimum atomic E-state index is 0.0873. The van der Waals surface area contributed by atoms with Crippen LogP contribution in [0.15, 0.2) is 54.2 Å². The minimum Gasteiger partial charge on any atom is -0.343 e. The number of benzene rings is 1. The Bertz CT molecular complexity index is 672. The number of carbonyl (C=O) groups excluding carboxylic acids is 1. The lowest BCUT2D eigenvalue weighted by Crippen LogP contribution is -2.05. The van der Waals surface area contributed by atoms with Gasteiger partial charge in [-0.3, -0.25) is 4.79 Å². The topological polar surface area (TPSA) is 22.0 Å². The Labute approximate surface area is 112 Å². The van der Waals surface area contributed by atoms with Gasteiger partial charge in [-0.1, -0.05) is 29.8 Å². The van der Waals surface area contributed by atoms with Crippen LogP contribution in [0.2, 0.25) is 0 Å². The molecular weight excluding hydrogens is 234 g/mol. The molecule has 0 saturated heterocycles.